The molecule has 0 spiro atoms. The highest BCUT2D eigenvalue weighted by Crippen LogP contribution is 2.21. The number of ether oxygens (including phenoxy) is 1. The Morgan fingerprint density at radius 2 is 1.82 bits per heavy atom. The third kappa shape index (κ3) is 5.10. The van der Waals surface area contributed by atoms with Gasteiger partial charge in [-0.3, -0.25) is 4.68 Å². The molecule has 3 rings (SSSR count). The first-order valence-electron chi connectivity index (χ1n) is 9.32. The molecule has 2 aromatic carbocycles. The minimum Gasteiger partial charge on any atom is -0.497 e. The summed E-state index contributed by atoms with van der Waals surface area (Å²) in [4.78, 5) is 0. The molecule has 0 amide bonds. The molecule has 146 valence electrons. The van der Waals surface area contributed by atoms with Crippen LogP contribution in [0.3, 0.4) is 0 Å². The average molecular weight is 395 g/mol. The maximum absolute atomic E-state index is 5.47. The SMILES string of the molecule is COc1cccc(Cn2nc(C)c(NC(=S)NCCc3ccccc3)c2C)c1. The largest absolute Gasteiger partial charge is 0.497 e. The summed E-state index contributed by atoms with van der Waals surface area (Å²) in [6.45, 7) is 5.50. The van der Waals surface area contributed by atoms with E-state index in [0.717, 1.165) is 41.4 Å². The first-order chi connectivity index (χ1) is 13.6. The number of thiocarbonyl (C=S) groups is 1. The summed E-state index contributed by atoms with van der Waals surface area (Å²) >= 11 is 5.47. The molecule has 2 N–H and O–H groups in total. The summed E-state index contributed by atoms with van der Waals surface area (Å²) in [5, 5.41) is 11.9. The number of methoxy groups -OCH3 is 1. The Hall–Kier alpha value is -2.86. The van der Waals surface area contributed by atoms with Gasteiger partial charge >= 0.3 is 0 Å². The zero-order valence-corrected chi connectivity index (χ0v) is 17.3. The van der Waals surface area contributed by atoms with Crippen LogP contribution in [0.5, 0.6) is 5.75 Å². The number of hydrogen-bond donors (Lipinski definition) is 2. The molecule has 0 radical (unpaired) electrons. The van der Waals surface area contributed by atoms with E-state index in [1.54, 1.807) is 7.11 Å². The molecule has 1 aromatic heterocycles. The summed E-state index contributed by atoms with van der Waals surface area (Å²) in [6.07, 6.45) is 0.926. The number of nitrogens with zero attached hydrogens (tertiary/aromatic N) is 2. The van der Waals surface area contributed by atoms with Crippen molar-refractivity contribution >= 4 is 23.0 Å². The Morgan fingerprint density at radius 1 is 1.07 bits per heavy atom. The molecular formula is C22H26N4OS. The molecule has 28 heavy (non-hydrogen) atoms. The van der Waals surface area contributed by atoms with Gasteiger partial charge in [0.25, 0.3) is 0 Å². The predicted molar refractivity (Wildman–Crippen MR) is 118 cm³/mol. The van der Waals surface area contributed by atoms with Gasteiger partial charge in [0.1, 0.15) is 5.75 Å². The fraction of sp³-hybridized carbons (Fsp3) is 0.273. The van der Waals surface area contributed by atoms with Crippen LogP contribution in [0.15, 0.2) is 54.6 Å². The molecule has 0 saturated carbocycles. The monoisotopic (exact) mass is 394 g/mol. The Labute approximate surface area is 171 Å². The number of rotatable bonds is 7. The Kier molecular flexibility index (Phi) is 6.66. The maximum Gasteiger partial charge on any atom is 0.170 e. The molecule has 0 aliphatic rings. The van der Waals surface area contributed by atoms with Crippen molar-refractivity contribution in [2.75, 3.05) is 19.0 Å². The molecule has 0 unspecified atom stereocenters. The Morgan fingerprint density at radius 3 is 2.57 bits per heavy atom. The average Bonchev–Trinajstić information content (AvgIpc) is 2.96. The highest BCUT2D eigenvalue weighted by molar-refractivity contribution is 7.80. The molecule has 0 bridgehead atoms. The fourth-order valence-corrected chi connectivity index (χ4v) is 3.30. The van der Waals surface area contributed by atoms with Crippen LogP contribution in [0.25, 0.3) is 0 Å². The topological polar surface area (TPSA) is 51.1 Å². The van der Waals surface area contributed by atoms with E-state index in [9.17, 15) is 0 Å². The van der Waals surface area contributed by atoms with Gasteiger partial charge in [-0.2, -0.15) is 5.10 Å². The molecule has 1 heterocycles. The van der Waals surface area contributed by atoms with Crippen molar-refractivity contribution in [3.63, 3.8) is 0 Å². The molecular weight excluding hydrogens is 368 g/mol. The quantitative estimate of drug-likeness (QED) is 0.591. The van der Waals surface area contributed by atoms with Gasteiger partial charge in [-0.25, -0.2) is 0 Å². The van der Waals surface area contributed by atoms with Gasteiger partial charge in [0, 0.05) is 6.54 Å². The molecule has 5 nitrogen and oxygen atoms in total. The van der Waals surface area contributed by atoms with E-state index in [4.69, 9.17) is 17.0 Å². The van der Waals surface area contributed by atoms with Gasteiger partial charge in [-0.15, -0.1) is 0 Å². The summed E-state index contributed by atoms with van der Waals surface area (Å²) in [5.74, 6) is 0.848. The summed E-state index contributed by atoms with van der Waals surface area (Å²) in [6, 6.07) is 18.4. The lowest BCUT2D eigenvalue weighted by atomic mass is 10.1. The van der Waals surface area contributed by atoms with Crippen LogP contribution in [0.4, 0.5) is 5.69 Å². The molecule has 0 fully saturated rings. The van der Waals surface area contributed by atoms with E-state index in [-0.39, 0.29) is 0 Å². The first-order valence-corrected chi connectivity index (χ1v) is 9.73. The third-order valence-electron chi connectivity index (χ3n) is 4.63. The van der Waals surface area contributed by atoms with Crippen molar-refractivity contribution in [3.05, 3.63) is 77.1 Å². The molecule has 6 heteroatoms. The van der Waals surface area contributed by atoms with Crippen molar-refractivity contribution in [2.24, 2.45) is 0 Å². The standard InChI is InChI=1S/C22H26N4OS/c1-16-21(24-22(28)23-13-12-18-8-5-4-6-9-18)17(2)26(25-16)15-19-10-7-11-20(14-19)27-3/h4-11,14H,12-13,15H2,1-3H3,(H2,23,24,28). The van der Waals surface area contributed by atoms with Crippen LogP contribution < -0.4 is 15.4 Å². The molecule has 3 aromatic rings. The smallest absolute Gasteiger partial charge is 0.170 e. The highest BCUT2D eigenvalue weighted by atomic mass is 32.1. The van der Waals surface area contributed by atoms with Gasteiger partial charge in [0.15, 0.2) is 5.11 Å². The second-order valence-electron chi connectivity index (χ2n) is 6.67. The zero-order chi connectivity index (χ0) is 19.9. The van der Waals surface area contributed by atoms with E-state index < -0.39 is 0 Å². The van der Waals surface area contributed by atoms with E-state index in [1.807, 2.05) is 35.9 Å². The fourth-order valence-electron chi connectivity index (χ4n) is 3.10. The van der Waals surface area contributed by atoms with Crippen LogP contribution in [0.1, 0.15) is 22.5 Å². The van der Waals surface area contributed by atoms with E-state index >= 15 is 0 Å². The number of anilines is 1. The van der Waals surface area contributed by atoms with Crippen molar-refractivity contribution in [1.82, 2.24) is 15.1 Å². The Balaban J connectivity index is 1.60. The number of aromatic nitrogens is 2. The normalized spacial score (nSPS) is 10.5. The van der Waals surface area contributed by atoms with Crippen LogP contribution in [0, 0.1) is 13.8 Å². The summed E-state index contributed by atoms with van der Waals surface area (Å²) in [7, 11) is 1.68. The van der Waals surface area contributed by atoms with E-state index in [0.29, 0.717) is 11.7 Å². The van der Waals surface area contributed by atoms with Gasteiger partial charge in [-0.05, 0) is 55.7 Å². The van der Waals surface area contributed by atoms with Crippen LogP contribution in [-0.4, -0.2) is 28.5 Å². The van der Waals surface area contributed by atoms with Gasteiger partial charge < -0.3 is 15.4 Å². The van der Waals surface area contributed by atoms with Crippen LogP contribution in [0.2, 0.25) is 0 Å². The predicted octanol–water partition coefficient (Wildman–Crippen LogP) is 4.09. The molecule has 0 atom stereocenters. The molecule has 0 aliphatic carbocycles. The van der Waals surface area contributed by atoms with Crippen LogP contribution in [-0.2, 0) is 13.0 Å². The van der Waals surface area contributed by atoms with Crippen LogP contribution >= 0.6 is 12.2 Å². The lowest BCUT2D eigenvalue weighted by Crippen LogP contribution is -2.30. The second-order valence-corrected chi connectivity index (χ2v) is 7.08. The first kappa shape index (κ1) is 19.9. The van der Waals surface area contributed by atoms with Gasteiger partial charge in [-0.1, -0.05) is 42.5 Å². The lowest BCUT2D eigenvalue weighted by molar-refractivity contribution is 0.414. The van der Waals surface area contributed by atoms with Crippen molar-refractivity contribution < 1.29 is 4.74 Å². The number of hydrogen-bond acceptors (Lipinski definition) is 3. The minimum atomic E-state index is 0.614. The zero-order valence-electron chi connectivity index (χ0n) is 16.5. The summed E-state index contributed by atoms with van der Waals surface area (Å²) < 4.78 is 7.29. The third-order valence-corrected chi connectivity index (χ3v) is 4.87. The second kappa shape index (κ2) is 9.37. The number of benzene rings is 2. The van der Waals surface area contributed by atoms with Crippen molar-refractivity contribution in [1.29, 1.82) is 0 Å². The maximum atomic E-state index is 5.47. The minimum absolute atomic E-state index is 0.614. The summed E-state index contributed by atoms with van der Waals surface area (Å²) in [5.41, 5.74) is 5.36. The number of aryl methyl sites for hydroxylation is 1. The lowest BCUT2D eigenvalue weighted by Gasteiger charge is -2.11. The molecule has 0 aliphatic heterocycles. The van der Waals surface area contributed by atoms with E-state index in [2.05, 4.69) is 53.0 Å². The van der Waals surface area contributed by atoms with Gasteiger partial charge in [0.05, 0.1) is 30.7 Å². The highest BCUT2D eigenvalue weighted by Gasteiger charge is 2.13. The van der Waals surface area contributed by atoms with Gasteiger partial charge in [0.2, 0.25) is 0 Å². The van der Waals surface area contributed by atoms with Crippen molar-refractivity contribution in [2.45, 2.75) is 26.8 Å². The van der Waals surface area contributed by atoms with Crippen molar-refractivity contribution in [3.8, 4) is 5.75 Å². The number of nitrogens with one attached hydrogen (secondary N) is 2. The van der Waals surface area contributed by atoms with E-state index in [1.165, 1.54) is 5.56 Å². The Bertz CT molecular complexity index is 937. The molecule has 0 saturated heterocycles.